The van der Waals surface area contributed by atoms with Gasteiger partial charge in [-0.3, -0.25) is 4.57 Å². The van der Waals surface area contributed by atoms with Crippen molar-refractivity contribution < 1.29 is 25.2 Å². The van der Waals surface area contributed by atoms with E-state index in [0.29, 0.717) is 11.2 Å². The van der Waals surface area contributed by atoms with Crippen LogP contribution in [0.15, 0.2) is 18.9 Å². The number of rotatable bonds is 2. The standard InChI is InChI=1S/C10H12N4O5/c15-2-6-7(16)10(17,18)9(19-6)14-4-13-5-1-11-3-12-8(5)14/h1,3-4,6-7,9,15-18H,2H2/t6-,7-,9-/m1/s1. The van der Waals surface area contributed by atoms with Crippen LogP contribution in [0.2, 0.25) is 0 Å². The van der Waals surface area contributed by atoms with Gasteiger partial charge in [0.2, 0.25) is 5.79 Å². The van der Waals surface area contributed by atoms with Crippen LogP contribution in [-0.4, -0.2) is 64.5 Å². The maximum absolute atomic E-state index is 9.93. The Kier molecular flexibility index (Phi) is 2.73. The quantitative estimate of drug-likeness (QED) is 0.449. The van der Waals surface area contributed by atoms with Crippen LogP contribution in [0.5, 0.6) is 0 Å². The highest BCUT2D eigenvalue weighted by Gasteiger charge is 2.55. The molecule has 1 fully saturated rings. The number of nitrogens with zero attached hydrogens (tertiary/aromatic N) is 4. The van der Waals surface area contributed by atoms with Gasteiger partial charge < -0.3 is 25.2 Å². The summed E-state index contributed by atoms with van der Waals surface area (Å²) in [6, 6.07) is 0. The van der Waals surface area contributed by atoms with E-state index >= 15 is 0 Å². The lowest BCUT2D eigenvalue weighted by Gasteiger charge is -2.25. The molecule has 0 aromatic carbocycles. The number of ether oxygens (including phenoxy) is 1. The lowest BCUT2D eigenvalue weighted by Crippen LogP contribution is -2.46. The van der Waals surface area contributed by atoms with E-state index in [-0.39, 0.29) is 0 Å². The summed E-state index contributed by atoms with van der Waals surface area (Å²) in [5.74, 6) is -2.55. The van der Waals surface area contributed by atoms with Crippen LogP contribution in [0.4, 0.5) is 0 Å². The maximum atomic E-state index is 9.93. The first-order valence-corrected chi connectivity index (χ1v) is 5.57. The molecule has 3 heterocycles. The molecule has 0 saturated carbocycles. The smallest absolute Gasteiger partial charge is 0.239 e. The van der Waals surface area contributed by atoms with Crippen LogP contribution in [0.3, 0.4) is 0 Å². The molecule has 9 heteroatoms. The molecular formula is C10H12N4O5. The number of aromatic nitrogens is 4. The first-order chi connectivity index (χ1) is 9.05. The Bertz CT molecular complexity index is 600. The zero-order valence-electron chi connectivity index (χ0n) is 9.66. The number of aliphatic hydroxyl groups is 4. The zero-order chi connectivity index (χ0) is 13.6. The van der Waals surface area contributed by atoms with Crippen molar-refractivity contribution in [3.63, 3.8) is 0 Å². The third-order valence-corrected chi connectivity index (χ3v) is 3.13. The molecule has 0 amide bonds. The van der Waals surface area contributed by atoms with E-state index in [1.54, 1.807) is 0 Å². The van der Waals surface area contributed by atoms with Gasteiger partial charge in [-0.1, -0.05) is 0 Å². The second-order valence-corrected chi connectivity index (χ2v) is 4.32. The van der Waals surface area contributed by atoms with Crippen molar-refractivity contribution in [1.29, 1.82) is 0 Å². The van der Waals surface area contributed by atoms with E-state index in [1.165, 1.54) is 23.4 Å². The molecule has 0 unspecified atom stereocenters. The average molecular weight is 268 g/mol. The average Bonchev–Trinajstić information content (AvgIpc) is 2.91. The highest BCUT2D eigenvalue weighted by Crippen LogP contribution is 2.37. The third kappa shape index (κ3) is 1.71. The first kappa shape index (κ1) is 12.4. The van der Waals surface area contributed by atoms with E-state index in [9.17, 15) is 15.3 Å². The van der Waals surface area contributed by atoms with E-state index in [1.807, 2.05) is 0 Å². The van der Waals surface area contributed by atoms with Crippen molar-refractivity contribution in [2.75, 3.05) is 6.61 Å². The van der Waals surface area contributed by atoms with Crippen LogP contribution in [0.25, 0.3) is 11.2 Å². The summed E-state index contributed by atoms with van der Waals surface area (Å²) in [4.78, 5) is 11.8. The van der Waals surface area contributed by atoms with Gasteiger partial charge in [-0.2, -0.15) is 0 Å². The normalized spacial score (nSPS) is 30.0. The Labute approximate surface area is 106 Å². The van der Waals surface area contributed by atoms with Gasteiger partial charge in [0, 0.05) is 0 Å². The summed E-state index contributed by atoms with van der Waals surface area (Å²) in [6.07, 6.45) is -0.00568. The van der Waals surface area contributed by atoms with Crippen molar-refractivity contribution in [1.82, 2.24) is 19.5 Å². The molecule has 2 aromatic rings. The summed E-state index contributed by atoms with van der Waals surface area (Å²) in [5.41, 5.74) is 0.780. The summed E-state index contributed by atoms with van der Waals surface area (Å²) < 4.78 is 6.53. The topological polar surface area (TPSA) is 134 Å². The molecule has 0 aliphatic carbocycles. The molecule has 1 saturated heterocycles. The van der Waals surface area contributed by atoms with E-state index in [2.05, 4.69) is 15.0 Å². The van der Waals surface area contributed by atoms with Gasteiger partial charge in [0.1, 0.15) is 24.1 Å². The number of aliphatic hydroxyl groups excluding tert-OH is 2. The van der Waals surface area contributed by atoms with Gasteiger partial charge in [-0.25, -0.2) is 15.0 Å². The molecule has 0 spiro atoms. The Balaban J connectivity index is 2.07. The maximum Gasteiger partial charge on any atom is 0.239 e. The van der Waals surface area contributed by atoms with E-state index < -0.39 is 30.8 Å². The zero-order valence-corrected chi connectivity index (χ0v) is 9.66. The molecule has 1 aliphatic heterocycles. The van der Waals surface area contributed by atoms with Crippen molar-refractivity contribution in [2.24, 2.45) is 0 Å². The fourth-order valence-electron chi connectivity index (χ4n) is 2.13. The lowest BCUT2D eigenvalue weighted by atomic mass is 10.1. The monoisotopic (exact) mass is 268 g/mol. The number of hydrogen-bond donors (Lipinski definition) is 4. The fourth-order valence-corrected chi connectivity index (χ4v) is 2.13. The summed E-state index contributed by atoms with van der Waals surface area (Å²) in [7, 11) is 0. The van der Waals surface area contributed by atoms with Crippen molar-refractivity contribution in [3.8, 4) is 0 Å². The van der Waals surface area contributed by atoms with Gasteiger partial charge >= 0.3 is 0 Å². The highest BCUT2D eigenvalue weighted by atomic mass is 16.6. The van der Waals surface area contributed by atoms with Crippen LogP contribution in [0, 0.1) is 0 Å². The molecule has 4 N–H and O–H groups in total. The van der Waals surface area contributed by atoms with Crippen molar-refractivity contribution in [3.05, 3.63) is 18.9 Å². The Hall–Kier alpha value is -1.65. The molecule has 2 aromatic heterocycles. The van der Waals surface area contributed by atoms with Crippen LogP contribution in [-0.2, 0) is 4.74 Å². The van der Waals surface area contributed by atoms with Crippen LogP contribution >= 0.6 is 0 Å². The minimum Gasteiger partial charge on any atom is -0.394 e. The minimum absolute atomic E-state index is 0.332. The van der Waals surface area contributed by atoms with Gasteiger partial charge in [0.15, 0.2) is 11.9 Å². The van der Waals surface area contributed by atoms with Gasteiger partial charge in [0.05, 0.1) is 19.1 Å². The second kappa shape index (κ2) is 4.18. The lowest BCUT2D eigenvalue weighted by molar-refractivity contribution is -0.247. The highest BCUT2D eigenvalue weighted by molar-refractivity contribution is 5.69. The molecule has 19 heavy (non-hydrogen) atoms. The first-order valence-electron chi connectivity index (χ1n) is 5.57. The molecule has 102 valence electrons. The van der Waals surface area contributed by atoms with Gasteiger partial charge in [-0.05, 0) is 0 Å². The van der Waals surface area contributed by atoms with Crippen LogP contribution < -0.4 is 0 Å². The SMILES string of the molecule is OC[C@H]1O[C@@H](n2cnc3cncnc32)C(O)(O)[C@@H]1O. The largest absolute Gasteiger partial charge is 0.394 e. The summed E-state index contributed by atoms with van der Waals surface area (Å²) in [5, 5.41) is 38.6. The molecule has 0 radical (unpaired) electrons. The summed E-state index contributed by atoms with van der Waals surface area (Å²) in [6.45, 7) is -0.540. The van der Waals surface area contributed by atoms with Gasteiger partial charge in [-0.15, -0.1) is 0 Å². The van der Waals surface area contributed by atoms with E-state index in [0.717, 1.165) is 0 Å². The predicted molar refractivity (Wildman–Crippen MR) is 59.5 cm³/mol. The van der Waals surface area contributed by atoms with Crippen LogP contribution in [0.1, 0.15) is 6.23 Å². The van der Waals surface area contributed by atoms with Gasteiger partial charge in [0.25, 0.3) is 0 Å². The van der Waals surface area contributed by atoms with Crippen molar-refractivity contribution in [2.45, 2.75) is 24.2 Å². The molecular weight excluding hydrogens is 256 g/mol. The molecule has 0 bridgehead atoms. The number of fused-ring (bicyclic) bond motifs is 1. The molecule has 9 nitrogen and oxygen atoms in total. The Morgan fingerprint density at radius 3 is 2.84 bits per heavy atom. The predicted octanol–water partition coefficient (Wildman–Crippen LogP) is -2.24. The summed E-state index contributed by atoms with van der Waals surface area (Å²) >= 11 is 0. The van der Waals surface area contributed by atoms with Crippen molar-refractivity contribution >= 4 is 11.2 Å². The Morgan fingerprint density at radius 2 is 2.16 bits per heavy atom. The van der Waals surface area contributed by atoms with E-state index in [4.69, 9.17) is 9.84 Å². The molecule has 1 aliphatic rings. The fraction of sp³-hybridized carbons (Fsp3) is 0.500. The Morgan fingerprint density at radius 1 is 1.37 bits per heavy atom. The second-order valence-electron chi connectivity index (χ2n) is 4.32. The molecule has 3 rings (SSSR count). The minimum atomic E-state index is -2.55. The molecule has 3 atom stereocenters. The number of hydrogen-bond acceptors (Lipinski definition) is 8. The third-order valence-electron chi connectivity index (χ3n) is 3.13. The number of imidazole rings is 1.